The Balaban J connectivity index is 1.76. The molecule has 0 spiro atoms. The van der Waals surface area contributed by atoms with Gasteiger partial charge in [0.25, 0.3) is 0 Å². The first-order valence-electron chi connectivity index (χ1n) is 6.94. The molecule has 0 fully saturated rings. The average molecular weight is 306 g/mol. The lowest BCUT2D eigenvalue weighted by Gasteiger charge is -2.17. The van der Waals surface area contributed by atoms with E-state index in [1.807, 2.05) is 6.92 Å². The van der Waals surface area contributed by atoms with Crippen LogP contribution in [0.15, 0.2) is 46.1 Å². The summed E-state index contributed by atoms with van der Waals surface area (Å²) in [7, 11) is 1.67. The van der Waals surface area contributed by atoms with Crippen LogP contribution in [0.25, 0.3) is 0 Å². The molecule has 0 saturated carbocycles. The molecule has 0 aliphatic rings. The highest BCUT2D eigenvalue weighted by atomic mass is 19.1. The van der Waals surface area contributed by atoms with Crippen molar-refractivity contribution >= 4 is 5.96 Å². The van der Waals surface area contributed by atoms with E-state index in [1.165, 1.54) is 12.3 Å². The standard InChI is InChI=1S/C15H19FN4O2/c1-11(22-14-6-4-3-5-13(14)16)9-18-15(17-2)19-10-12-7-8-21-20-12/h3-8,11H,9-10H2,1-2H3,(H2,17,18,19). The molecule has 0 amide bonds. The maximum absolute atomic E-state index is 13.5. The van der Waals surface area contributed by atoms with Gasteiger partial charge in [-0.15, -0.1) is 0 Å². The fraction of sp³-hybridized carbons (Fsp3) is 0.333. The summed E-state index contributed by atoms with van der Waals surface area (Å²) in [6.45, 7) is 2.83. The van der Waals surface area contributed by atoms with Crippen LogP contribution in [0.2, 0.25) is 0 Å². The van der Waals surface area contributed by atoms with Crippen LogP contribution in [0, 0.1) is 5.82 Å². The van der Waals surface area contributed by atoms with Crippen molar-refractivity contribution in [1.82, 2.24) is 15.8 Å². The summed E-state index contributed by atoms with van der Waals surface area (Å²) in [6, 6.07) is 8.10. The van der Waals surface area contributed by atoms with Crippen LogP contribution in [-0.4, -0.2) is 30.8 Å². The van der Waals surface area contributed by atoms with E-state index in [2.05, 4.69) is 20.8 Å². The molecular formula is C15H19FN4O2. The molecule has 2 rings (SSSR count). The maximum atomic E-state index is 13.5. The van der Waals surface area contributed by atoms with Gasteiger partial charge in [0.1, 0.15) is 18.1 Å². The van der Waals surface area contributed by atoms with Crippen LogP contribution in [0.5, 0.6) is 5.75 Å². The summed E-state index contributed by atoms with van der Waals surface area (Å²) in [5, 5.41) is 9.99. The molecule has 2 N–H and O–H groups in total. The van der Waals surface area contributed by atoms with Gasteiger partial charge >= 0.3 is 0 Å². The number of aromatic nitrogens is 1. The number of rotatable bonds is 6. The lowest BCUT2D eigenvalue weighted by Crippen LogP contribution is -2.41. The number of guanidine groups is 1. The summed E-state index contributed by atoms with van der Waals surface area (Å²) < 4.78 is 23.8. The second-order valence-corrected chi connectivity index (χ2v) is 4.66. The number of hydrogen-bond donors (Lipinski definition) is 2. The van der Waals surface area contributed by atoms with Crippen LogP contribution in [0.4, 0.5) is 4.39 Å². The zero-order valence-corrected chi connectivity index (χ0v) is 12.5. The SMILES string of the molecule is CN=C(NCc1ccon1)NCC(C)Oc1ccccc1F. The molecule has 7 heteroatoms. The largest absolute Gasteiger partial charge is 0.486 e. The average Bonchev–Trinajstić information content (AvgIpc) is 3.03. The minimum absolute atomic E-state index is 0.220. The Hall–Kier alpha value is -2.57. The number of benzene rings is 1. The molecule has 118 valence electrons. The van der Waals surface area contributed by atoms with Crippen LogP contribution in [0.1, 0.15) is 12.6 Å². The Labute approximate surface area is 128 Å². The highest BCUT2D eigenvalue weighted by Gasteiger charge is 2.09. The van der Waals surface area contributed by atoms with Gasteiger partial charge < -0.3 is 19.9 Å². The summed E-state index contributed by atoms with van der Waals surface area (Å²) in [6.07, 6.45) is 1.29. The van der Waals surface area contributed by atoms with Gasteiger partial charge in [-0.1, -0.05) is 17.3 Å². The first-order chi connectivity index (χ1) is 10.7. The van der Waals surface area contributed by atoms with E-state index in [0.717, 1.165) is 5.69 Å². The summed E-state index contributed by atoms with van der Waals surface area (Å²) in [5.74, 6) is 0.470. The van der Waals surface area contributed by atoms with Gasteiger partial charge in [0, 0.05) is 13.1 Å². The van der Waals surface area contributed by atoms with Crippen LogP contribution in [0.3, 0.4) is 0 Å². The van der Waals surface area contributed by atoms with Crippen LogP contribution in [-0.2, 0) is 6.54 Å². The first-order valence-corrected chi connectivity index (χ1v) is 6.94. The number of halogens is 1. The predicted molar refractivity (Wildman–Crippen MR) is 81.2 cm³/mol. The lowest BCUT2D eigenvalue weighted by atomic mass is 10.3. The third-order valence-corrected chi connectivity index (χ3v) is 2.87. The van der Waals surface area contributed by atoms with Crippen molar-refractivity contribution < 1.29 is 13.7 Å². The third-order valence-electron chi connectivity index (χ3n) is 2.87. The maximum Gasteiger partial charge on any atom is 0.191 e. The van der Waals surface area contributed by atoms with E-state index in [-0.39, 0.29) is 17.7 Å². The van der Waals surface area contributed by atoms with Gasteiger partial charge in [-0.25, -0.2) is 4.39 Å². The highest BCUT2D eigenvalue weighted by Crippen LogP contribution is 2.16. The molecule has 6 nitrogen and oxygen atoms in total. The van der Waals surface area contributed by atoms with Crippen molar-refractivity contribution in [3.8, 4) is 5.75 Å². The smallest absolute Gasteiger partial charge is 0.191 e. The molecule has 0 radical (unpaired) electrons. The van der Waals surface area contributed by atoms with E-state index in [1.54, 1.807) is 31.3 Å². The Morgan fingerprint density at radius 2 is 2.18 bits per heavy atom. The fourth-order valence-electron chi connectivity index (χ4n) is 1.76. The normalized spacial score (nSPS) is 12.8. The van der Waals surface area contributed by atoms with E-state index in [4.69, 9.17) is 9.26 Å². The van der Waals surface area contributed by atoms with E-state index in [0.29, 0.717) is 19.0 Å². The molecule has 1 aromatic carbocycles. The van der Waals surface area contributed by atoms with Crippen molar-refractivity contribution in [2.75, 3.05) is 13.6 Å². The monoisotopic (exact) mass is 306 g/mol. The molecule has 0 bridgehead atoms. The van der Waals surface area contributed by atoms with Crippen molar-refractivity contribution in [2.24, 2.45) is 4.99 Å². The second kappa shape index (κ2) is 8.02. The third kappa shape index (κ3) is 4.76. The van der Waals surface area contributed by atoms with Crippen LogP contribution >= 0.6 is 0 Å². The van der Waals surface area contributed by atoms with Crippen molar-refractivity contribution in [1.29, 1.82) is 0 Å². The summed E-state index contributed by atoms with van der Waals surface area (Å²) in [5.41, 5.74) is 0.776. The predicted octanol–water partition coefficient (Wildman–Crippen LogP) is 1.95. The lowest BCUT2D eigenvalue weighted by molar-refractivity contribution is 0.214. The molecule has 1 unspecified atom stereocenters. The van der Waals surface area contributed by atoms with Crippen molar-refractivity contribution in [3.63, 3.8) is 0 Å². The Bertz CT molecular complexity index is 601. The minimum Gasteiger partial charge on any atom is -0.486 e. The topological polar surface area (TPSA) is 71.7 Å². The molecular weight excluding hydrogens is 287 g/mol. The number of aliphatic imine (C=N–C) groups is 1. The van der Waals surface area contributed by atoms with Gasteiger partial charge in [-0.05, 0) is 19.1 Å². The van der Waals surface area contributed by atoms with Crippen molar-refractivity contribution in [3.05, 3.63) is 48.1 Å². The van der Waals surface area contributed by atoms with Gasteiger partial charge in [0.05, 0.1) is 13.1 Å². The Morgan fingerprint density at radius 1 is 1.36 bits per heavy atom. The second-order valence-electron chi connectivity index (χ2n) is 4.66. The number of hydrogen-bond acceptors (Lipinski definition) is 4. The first kappa shape index (κ1) is 15.8. The number of ether oxygens (including phenoxy) is 1. The zero-order chi connectivity index (χ0) is 15.8. The molecule has 2 aromatic rings. The van der Waals surface area contributed by atoms with Gasteiger partial charge in [0.2, 0.25) is 0 Å². The van der Waals surface area contributed by atoms with Gasteiger partial charge in [0.15, 0.2) is 17.5 Å². The minimum atomic E-state index is -0.372. The summed E-state index contributed by atoms with van der Waals surface area (Å²) in [4.78, 5) is 4.09. The van der Waals surface area contributed by atoms with Gasteiger partial charge in [-0.3, -0.25) is 4.99 Å². The highest BCUT2D eigenvalue weighted by molar-refractivity contribution is 5.79. The molecule has 1 atom stereocenters. The Kier molecular flexibility index (Phi) is 5.76. The molecule has 0 saturated heterocycles. The summed E-state index contributed by atoms with van der Waals surface area (Å²) >= 11 is 0. The molecule has 22 heavy (non-hydrogen) atoms. The molecule has 0 aliphatic heterocycles. The van der Waals surface area contributed by atoms with E-state index >= 15 is 0 Å². The number of nitrogens with zero attached hydrogens (tertiary/aromatic N) is 2. The van der Waals surface area contributed by atoms with Crippen molar-refractivity contribution in [2.45, 2.75) is 19.6 Å². The zero-order valence-electron chi connectivity index (χ0n) is 12.5. The number of para-hydroxylation sites is 1. The molecule has 1 aromatic heterocycles. The quantitative estimate of drug-likeness (QED) is 0.630. The molecule has 1 heterocycles. The number of nitrogens with one attached hydrogen (secondary N) is 2. The fourth-order valence-corrected chi connectivity index (χ4v) is 1.76. The van der Waals surface area contributed by atoms with E-state index in [9.17, 15) is 4.39 Å². The Morgan fingerprint density at radius 3 is 2.86 bits per heavy atom. The molecule has 0 aliphatic carbocycles. The van der Waals surface area contributed by atoms with Crippen LogP contribution < -0.4 is 15.4 Å². The van der Waals surface area contributed by atoms with Gasteiger partial charge in [-0.2, -0.15) is 0 Å². The van der Waals surface area contributed by atoms with E-state index < -0.39 is 0 Å².